The van der Waals surface area contributed by atoms with Crippen molar-refractivity contribution in [1.29, 1.82) is 0 Å². The summed E-state index contributed by atoms with van der Waals surface area (Å²) in [6.07, 6.45) is 1.04. The minimum Gasteiger partial charge on any atom is -0.508 e. The van der Waals surface area contributed by atoms with Crippen molar-refractivity contribution in [2.45, 2.75) is 39.8 Å². The van der Waals surface area contributed by atoms with Gasteiger partial charge in [0.15, 0.2) is 0 Å². The number of aromatic hydroxyl groups is 1. The number of phenolic OH excluding ortho intramolecular Hbond substituents is 1. The molecule has 0 heterocycles. The van der Waals surface area contributed by atoms with Crippen molar-refractivity contribution < 1.29 is 9.50 Å². The Balaban J connectivity index is 2.60. The summed E-state index contributed by atoms with van der Waals surface area (Å²) in [5.41, 5.74) is 0.775. The molecule has 0 aliphatic heterocycles. The quantitative estimate of drug-likeness (QED) is 0.807. The standard InChI is InChI=1S/C13H20FNO/c1-4-13(9(2)3)15-8-10-5-11(14)7-12(16)6-10/h5-7,9,13,15-16H,4,8H2,1-3H3. The molecule has 1 unspecified atom stereocenters. The molecule has 0 aromatic heterocycles. The molecule has 0 amide bonds. The molecule has 0 aliphatic rings. The van der Waals surface area contributed by atoms with Crippen molar-refractivity contribution in [2.24, 2.45) is 5.92 Å². The third kappa shape index (κ3) is 3.81. The van der Waals surface area contributed by atoms with E-state index in [1.807, 2.05) is 0 Å². The van der Waals surface area contributed by atoms with E-state index in [4.69, 9.17) is 0 Å². The summed E-state index contributed by atoms with van der Waals surface area (Å²) in [5.74, 6) is 0.135. The van der Waals surface area contributed by atoms with Crippen molar-refractivity contribution in [2.75, 3.05) is 0 Å². The molecule has 16 heavy (non-hydrogen) atoms. The van der Waals surface area contributed by atoms with Gasteiger partial charge in [-0.05, 0) is 30.0 Å². The van der Waals surface area contributed by atoms with E-state index in [0.29, 0.717) is 18.5 Å². The number of hydrogen-bond acceptors (Lipinski definition) is 2. The van der Waals surface area contributed by atoms with E-state index in [9.17, 15) is 9.50 Å². The second-order valence-electron chi connectivity index (χ2n) is 4.46. The maximum absolute atomic E-state index is 13.0. The van der Waals surface area contributed by atoms with E-state index in [1.165, 1.54) is 6.07 Å². The molecule has 1 rings (SSSR count). The molecule has 2 nitrogen and oxygen atoms in total. The van der Waals surface area contributed by atoms with Crippen LogP contribution in [0.1, 0.15) is 32.8 Å². The third-order valence-corrected chi connectivity index (χ3v) is 2.76. The van der Waals surface area contributed by atoms with Crippen LogP contribution in [-0.2, 0) is 6.54 Å². The summed E-state index contributed by atoms with van der Waals surface area (Å²) in [5, 5.41) is 12.6. The van der Waals surface area contributed by atoms with E-state index >= 15 is 0 Å². The van der Waals surface area contributed by atoms with Gasteiger partial charge in [0.05, 0.1) is 0 Å². The van der Waals surface area contributed by atoms with Crippen molar-refractivity contribution in [3.05, 3.63) is 29.6 Å². The van der Waals surface area contributed by atoms with Crippen molar-refractivity contribution >= 4 is 0 Å². The van der Waals surface area contributed by atoms with Crippen LogP contribution in [-0.4, -0.2) is 11.1 Å². The Bertz CT molecular complexity index is 318. The maximum atomic E-state index is 13.0. The van der Waals surface area contributed by atoms with E-state index in [0.717, 1.165) is 18.1 Å². The Morgan fingerprint density at radius 2 is 2.00 bits per heavy atom. The lowest BCUT2D eigenvalue weighted by molar-refractivity contribution is 0.386. The number of halogens is 1. The first-order valence-electron chi connectivity index (χ1n) is 5.74. The van der Waals surface area contributed by atoms with Crippen molar-refractivity contribution in [3.8, 4) is 5.75 Å². The number of hydrogen-bond donors (Lipinski definition) is 2. The Labute approximate surface area is 96.5 Å². The monoisotopic (exact) mass is 225 g/mol. The zero-order valence-corrected chi connectivity index (χ0v) is 10.1. The fourth-order valence-corrected chi connectivity index (χ4v) is 1.84. The smallest absolute Gasteiger partial charge is 0.127 e. The summed E-state index contributed by atoms with van der Waals surface area (Å²) >= 11 is 0. The molecule has 0 saturated carbocycles. The van der Waals surface area contributed by atoms with Crippen molar-refractivity contribution in [3.63, 3.8) is 0 Å². The summed E-state index contributed by atoms with van der Waals surface area (Å²) in [6.45, 7) is 7.02. The lowest BCUT2D eigenvalue weighted by Crippen LogP contribution is -2.32. The highest BCUT2D eigenvalue weighted by atomic mass is 19.1. The molecule has 1 aromatic rings. The Kier molecular flexibility index (Phi) is 4.74. The zero-order valence-electron chi connectivity index (χ0n) is 10.1. The van der Waals surface area contributed by atoms with Gasteiger partial charge in [0, 0.05) is 18.7 Å². The van der Waals surface area contributed by atoms with Gasteiger partial charge in [-0.15, -0.1) is 0 Å². The van der Waals surface area contributed by atoms with Crippen molar-refractivity contribution in [1.82, 2.24) is 5.32 Å². The summed E-state index contributed by atoms with van der Waals surface area (Å²) in [4.78, 5) is 0. The first kappa shape index (κ1) is 13.0. The van der Waals surface area contributed by atoms with Gasteiger partial charge in [-0.1, -0.05) is 20.8 Å². The topological polar surface area (TPSA) is 32.3 Å². The Hall–Kier alpha value is -1.09. The fraction of sp³-hybridized carbons (Fsp3) is 0.538. The van der Waals surface area contributed by atoms with Crippen LogP contribution in [0.5, 0.6) is 5.75 Å². The molecular formula is C13H20FNO. The molecule has 0 radical (unpaired) electrons. The van der Waals surface area contributed by atoms with Gasteiger partial charge in [0.2, 0.25) is 0 Å². The number of benzene rings is 1. The SMILES string of the molecule is CCC(NCc1cc(O)cc(F)c1)C(C)C. The Morgan fingerprint density at radius 3 is 2.50 bits per heavy atom. The van der Waals surface area contributed by atoms with Crippen LogP contribution >= 0.6 is 0 Å². The lowest BCUT2D eigenvalue weighted by Gasteiger charge is -2.20. The average molecular weight is 225 g/mol. The van der Waals surface area contributed by atoms with E-state index in [1.54, 1.807) is 6.07 Å². The molecule has 1 aromatic carbocycles. The van der Waals surface area contributed by atoms with Gasteiger partial charge in [-0.2, -0.15) is 0 Å². The molecule has 1 atom stereocenters. The highest BCUT2D eigenvalue weighted by Gasteiger charge is 2.10. The second kappa shape index (κ2) is 5.85. The number of nitrogens with one attached hydrogen (secondary N) is 1. The largest absolute Gasteiger partial charge is 0.508 e. The van der Waals surface area contributed by atoms with Gasteiger partial charge in [-0.25, -0.2) is 4.39 Å². The first-order valence-corrected chi connectivity index (χ1v) is 5.74. The molecule has 2 N–H and O–H groups in total. The summed E-state index contributed by atoms with van der Waals surface area (Å²) in [6, 6.07) is 4.57. The normalized spacial score (nSPS) is 13.1. The molecule has 0 aliphatic carbocycles. The van der Waals surface area contributed by atoms with Gasteiger partial charge < -0.3 is 10.4 Å². The third-order valence-electron chi connectivity index (χ3n) is 2.76. The minimum absolute atomic E-state index is 0.0191. The zero-order chi connectivity index (χ0) is 12.1. The highest BCUT2D eigenvalue weighted by molar-refractivity contribution is 5.28. The van der Waals surface area contributed by atoms with E-state index < -0.39 is 5.82 Å². The van der Waals surface area contributed by atoms with Gasteiger partial charge in [0.25, 0.3) is 0 Å². The molecule has 0 spiro atoms. The molecular weight excluding hydrogens is 205 g/mol. The molecule has 3 heteroatoms. The summed E-state index contributed by atoms with van der Waals surface area (Å²) in [7, 11) is 0. The fourth-order valence-electron chi connectivity index (χ4n) is 1.84. The van der Waals surface area contributed by atoms with Crippen LogP contribution < -0.4 is 5.32 Å². The highest BCUT2D eigenvalue weighted by Crippen LogP contribution is 2.15. The number of phenols is 1. The predicted octanol–water partition coefficient (Wildman–Crippen LogP) is 3.06. The van der Waals surface area contributed by atoms with Crippen LogP contribution in [0, 0.1) is 11.7 Å². The summed E-state index contributed by atoms with van der Waals surface area (Å²) < 4.78 is 13.0. The van der Waals surface area contributed by atoms with Gasteiger partial charge in [-0.3, -0.25) is 0 Å². The molecule has 90 valence electrons. The maximum Gasteiger partial charge on any atom is 0.127 e. The number of rotatable bonds is 5. The van der Waals surface area contributed by atoms with E-state index in [2.05, 4.69) is 26.1 Å². The van der Waals surface area contributed by atoms with Crippen LogP contribution in [0.2, 0.25) is 0 Å². The lowest BCUT2D eigenvalue weighted by atomic mass is 10.0. The van der Waals surface area contributed by atoms with Gasteiger partial charge >= 0.3 is 0 Å². The van der Waals surface area contributed by atoms with Crippen LogP contribution in [0.3, 0.4) is 0 Å². The first-order chi connectivity index (χ1) is 7.52. The minimum atomic E-state index is -0.394. The molecule has 0 fully saturated rings. The predicted molar refractivity (Wildman–Crippen MR) is 63.8 cm³/mol. The van der Waals surface area contributed by atoms with Crippen LogP contribution in [0.25, 0.3) is 0 Å². The Morgan fingerprint density at radius 1 is 1.31 bits per heavy atom. The van der Waals surface area contributed by atoms with E-state index in [-0.39, 0.29) is 5.75 Å². The van der Waals surface area contributed by atoms with Crippen LogP contribution in [0.15, 0.2) is 18.2 Å². The van der Waals surface area contributed by atoms with Crippen LogP contribution in [0.4, 0.5) is 4.39 Å². The second-order valence-corrected chi connectivity index (χ2v) is 4.46. The average Bonchev–Trinajstić information content (AvgIpc) is 2.16. The molecule has 0 saturated heterocycles. The van der Waals surface area contributed by atoms with Gasteiger partial charge in [0.1, 0.15) is 11.6 Å². The molecule has 0 bridgehead atoms.